The molecule has 0 aliphatic heterocycles. The Balaban J connectivity index is 3.20. The highest BCUT2D eigenvalue weighted by molar-refractivity contribution is 7.12. The fraction of sp³-hybridized carbons (Fsp3) is 0.167. The number of rotatable bonds is 0. The standard InChI is InChI=1S/C6H5NOS/c1-4-2-5(8)6(3-7)9-4/h2,8H,1H3. The zero-order chi connectivity index (χ0) is 6.85. The number of aromatic hydroxyl groups is 1. The second kappa shape index (κ2) is 2.08. The Kier molecular flexibility index (Phi) is 1.41. The van der Waals surface area contributed by atoms with Crippen molar-refractivity contribution in [2.45, 2.75) is 6.92 Å². The molecule has 0 fully saturated rings. The second-order valence-electron chi connectivity index (χ2n) is 1.68. The van der Waals surface area contributed by atoms with Crippen LogP contribution in [0.1, 0.15) is 9.75 Å². The van der Waals surface area contributed by atoms with E-state index in [1.807, 2.05) is 13.0 Å². The van der Waals surface area contributed by atoms with Crippen molar-refractivity contribution in [1.82, 2.24) is 0 Å². The minimum absolute atomic E-state index is 0.0972. The maximum absolute atomic E-state index is 8.92. The van der Waals surface area contributed by atoms with Crippen molar-refractivity contribution in [1.29, 1.82) is 5.26 Å². The fourth-order valence-electron chi connectivity index (χ4n) is 0.581. The summed E-state index contributed by atoms with van der Waals surface area (Å²) in [5.41, 5.74) is 0. The lowest BCUT2D eigenvalue weighted by Gasteiger charge is -1.76. The van der Waals surface area contributed by atoms with Crippen molar-refractivity contribution < 1.29 is 5.11 Å². The van der Waals surface area contributed by atoms with Gasteiger partial charge in [-0.2, -0.15) is 5.26 Å². The summed E-state index contributed by atoms with van der Waals surface area (Å²) < 4.78 is 0. The van der Waals surface area contributed by atoms with Crippen LogP contribution < -0.4 is 0 Å². The van der Waals surface area contributed by atoms with E-state index in [2.05, 4.69) is 0 Å². The molecule has 0 saturated heterocycles. The Labute approximate surface area is 57.0 Å². The SMILES string of the molecule is Cc1cc(O)c(C#N)s1. The molecule has 0 spiro atoms. The number of aryl methyl sites for hydroxylation is 1. The van der Waals surface area contributed by atoms with Gasteiger partial charge in [-0.05, 0) is 13.0 Å². The van der Waals surface area contributed by atoms with Crippen molar-refractivity contribution in [3.63, 3.8) is 0 Å². The first-order valence-corrected chi connectivity index (χ1v) is 3.25. The van der Waals surface area contributed by atoms with Crippen LogP contribution in [0, 0.1) is 18.3 Å². The maximum Gasteiger partial charge on any atom is 0.146 e. The predicted molar refractivity (Wildman–Crippen MR) is 35.4 cm³/mol. The number of nitrogens with zero attached hydrogens (tertiary/aromatic N) is 1. The lowest BCUT2D eigenvalue weighted by Crippen LogP contribution is -1.58. The molecule has 0 aromatic carbocycles. The molecular weight excluding hydrogens is 134 g/mol. The van der Waals surface area contributed by atoms with Gasteiger partial charge in [-0.3, -0.25) is 0 Å². The molecule has 1 heterocycles. The zero-order valence-corrected chi connectivity index (χ0v) is 5.70. The second-order valence-corrected chi connectivity index (χ2v) is 2.94. The highest BCUT2D eigenvalue weighted by Crippen LogP contribution is 2.25. The van der Waals surface area contributed by atoms with E-state index in [1.54, 1.807) is 6.07 Å². The molecule has 0 bridgehead atoms. The van der Waals surface area contributed by atoms with Crippen molar-refractivity contribution in [2.75, 3.05) is 0 Å². The average molecular weight is 139 g/mol. The van der Waals surface area contributed by atoms with Crippen LogP contribution in [0.5, 0.6) is 5.75 Å². The van der Waals surface area contributed by atoms with E-state index < -0.39 is 0 Å². The topological polar surface area (TPSA) is 44.0 Å². The molecule has 0 saturated carbocycles. The summed E-state index contributed by atoms with van der Waals surface area (Å²) >= 11 is 1.30. The van der Waals surface area contributed by atoms with Crippen molar-refractivity contribution in [3.8, 4) is 11.8 Å². The van der Waals surface area contributed by atoms with Gasteiger partial charge in [-0.1, -0.05) is 0 Å². The summed E-state index contributed by atoms with van der Waals surface area (Å²) in [6.45, 7) is 1.85. The molecule has 0 radical (unpaired) electrons. The van der Waals surface area contributed by atoms with Crippen LogP contribution in [0.25, 0.3) is 0 Å². The van der Waals surface area contributed by atoms with Crippen LogP contribution in [0.4, 0.5) is 0 Å². The quantitative estimate of drug-likeness (QED) is 0.593. The van der Waals surface area contributed by atoms with Gasteiger partial charge in [-0.25, -0.2) is 0 Å². The number of nitriles is 1. The zero-order valence-electron chi connectivity index (χ0n) is 4.88. The molecule has 1 aromatic rings. The first kappa shape index (κ1) is 6.12. The van der Waals surface area contributed by atoms with Gasteiger partial charge in [0.1, 0.15) is 16.7 Å². The van der Waals surface area contributed by atoms with Gasteiger partial charge in [0, 0.05) is 4.88 Å². The summed E-state index contributed by atoms with van der Waals surface area (Å²) in [7, 11) is 0. The van der Waals surface area contributed by atoms with Crippen molar-refractivity contribution >= 4 is 11.3 Å². The summed E-state index contributed by atoms with van der Waals surface area (Å²) in [6.07, 6.45) is 0. The molecule has 1 aromatic heterocycles. The molecule has 0 aliphatic rings. The molecule has 2 nitrogen and oxygen atoms in total. The first-order chi connectivity index (χ1) is 4.24. The summed E-state index contributed by atoms with van der Waals surface area (Å²) in [5, 5.41) is 17.3. The molecule has 0 unspecified atom stereocenters. The van der Waals surface area contributed by atoms with Crippen molar-refractivity contribution in [2.24, 2.45) is 0 Å². The van der Waals surface area contributed by atoms with Gasteiger partial charge in [0.25, 0.3) is 0 Å². The number of thiophene rings is 1. The van der Waals surface area contributed by atoms with Crippen LogP contribution in [-0.2, 0) is 0 Å². The van der Waals surface area contributed by atoms with Gasteiger partial charge in [0.15, 0.2) is 0 Å². The highest BCUT2D eigenvalue weighted by atomic mass is 32.1. The normalized spacial score (nSPS) is 8.89. The lowest BCUT2D eigenvalue weighted by molar-refractivity contribution is 0.476. The fourth-order valence-corrected chi connectivity index (χ4v) is 1.28. The van der Waals surface area contributed by atoms with Crippen LogP contribution in [0.2, 0.25) is 0 Å². The average Bonchev–Trinajstić information content (AvgIpc) is 2.10. The molecule has 1 rings (SSSR count). The number of hydrogen-bond donors (Lipinski definition) is 1. The Morgan fingerprint density at radius 2 is 2.44 bits per heavy atom. The van der Waals surface area contributed by atoms with E-state index in [1.165, 1.54) is 11.3 Å². The molecule has 1 N–H and O–H groups in total. The van der Waals surface area contributed by atoms with E-state index in [9.17, 15) is 0 Å². The van der Waals surface area contributed by atoms with E-state index in [0.29, 0.717) is 4.88 Å². The largest absolute Gasteiger partial charge is 0.506 e. The molecule has 9 heavy (non-hydrogen) atoms. The van der Waals surface area contributed by atoms with Gasteiger partial charge in [0.05, 0.1) is 0 Å². The first-order valence-electron chi connectivity index (χ1n) is 2.43. The third-order valence-electron chi connectivity index (χ3n) is 0.937. The smallest absolute Gasteiger partial charge is 0.146 e. The Hall–Kier alpha value is -1.01. The Bertz CT molecular complexity index is 259. The van der Waals surface area contributed by atoms with Gasteiger partial charge in [0.2, 0.25) is 0 Å². The Morgan fingerprint density at radius 1 is 1.78 bits per heavy atom. The van der Waals surface area contributed by atoms with Gasteiger partial charge in [-0.15, -0.1) is 11.3 Å². The van der Waals surface area contributed by atoms with Gasteiger partial charge >= 0.3 is 0 Å². The van der Waals surface area contributed by atoms with Crippen molar-refractivity contribution in [3.05, 3.63) is 15.8 Å². The summed E-state index contributed by atoms with van der Waals surface area (Å²) in [5.74, 6) is 0.0972. The van der Waals surface area contributed by atoms with Crippen LogP contribution in [0.3, 0.4) is 0 Å². The number of hydrogen-bond acceptors (Lipinski definition) is 3. The lowest BCUT2D eigenvalue weighted by atomic mass is 10.4. The predicted octanol–water partition coefficient (Wildman–Crippen LogP) is 1.63. The molecule has 46 valence electrons. The Morgan fingerprint density at radius 3 is 2.67 bits per heavy atom. The van der Waals surface area contributed by atoms with Crippen LogP contribution in [0.15, 0.2) is 6.07 Å². The van der Waals surface area contributed by atoms with E-state index >= 15 is 0 Å². The summed E-state index contributed by atoms with van der Waals surface area (Å²) in [6, 6.07) is 3.47. The minimum atomic E-state index is 0.0972. The molecule has 0 amide bonds. The van der Waals surface area contributed by atoms with Crippen LogP contribution in [-0.4, -0.2) is 5.11 Å². The molecule has 0 atom stereocenters. The maximum atomic E-state index is 8.92. The minimum Gasteiger partial charge on any atom is -0.506 e. The van der Waals surface area contributed by atoms with E-state index in [0.717, 1.165) is 4.88 Å². The molecule has 3 heteroatoms. The van der Waals surface area contributed by atoms with Crippen LogP contribution >= 0.6 is 11.3 Å². The summed E-state index contributed by atoms with van der Waals surface area (Å²) in [4.78, 5) is 1.36. The van der Waals surface area contributed by atoms with Gasteiger partial charge < -0.3 is 5.11 Å². The monoisotopic (exact) mass is 139 g/mol. The highest BCUT2D eigenvalue weighted by Gasteiger charge is 2.01. The molecule has 0 aliphatic carbocycles. The third-order valence-corrected chi connectivity index (χ3v) is 1.88. The van der Waals surface area contributed by atoms with E-state index in [-0.39, 0.29) is 5.75 Å². The third kappa shape index (κ3) is 1.03. The van der Waals surface area contributed by atoms with E-state index in [4.69, 9.17) is 10.4 Å². The molecular formula is C6H5NOS.